The Morgan fingerprint density at radius 1 is 1.44 bits per heavy atom. The summed E-state index contributed by atoms with van der Waals surface area (Å²) in [6, 6.07) is 3.45. The Morgan fingerprint density at radius 2 is 2.17 bits per heavy atom. The fraction of sp³-hybridized carbons (Fsp3) is 0.250. The second kappa shape index (κ2) is 5.04. The van der Waals surface area contributed by atoms with Crippen molar-refractivity contribution in [1.82, 2.24) is 0 Å². The van der Waals surface area contributed by atoms with Gasteiger partial charge in [0, 0.05) is 16.2 Å². The Balaban J connectivity index is 2.68. The average molecular weight is 287 g/mol. The van der Waals surface area contributed by atoms with Crippen LogP contribution in [-0.2, 0) is 0 Å². The van der Waals surface area contributed by atoms with E-state index >= 15 is 0 Å². The summed E-state index contributed by atoms with van der Waals surface area (Å²) in [6.45, 7) is 2.36. The number of rotatable bonds is 4. The maximum absolute atomic E-state index is 11.0. The molecule has 2 aromatic rings. The number of benzene rings is 1. The number of fused-ring (bicyclic) bond motifs is 1. The largest absolute Gasteiger partial charge is 0.493 e. The summed E-state index contributed by atoms with van der Waals surface area (Å²) >= 11 is 7.17. The molecule has 0 radical (unpaired) electrons. The number of carboxylic acids is 1. The smallest absolute Gasteiger partial charge is 0.347 e. The highest BCUT2D eigenvalue weighted by Crippen LogP contribution is 2.41. The topological polar surface area (TPSA) is 55.8 Å². The standard InChI is InChI=1S/C12H11ClO4S/c1-3-17-8-4-6-9(5-7(8)16-2)18-11(10(6)13)12(14)15/h4-5H,3H2,1-2H3,(H,14,15). The van der Waals surface area contributed by atoms with E-state index in [9.17, 15) is 4.79 Å². The second-order valence-electron chi connectivity index (χ2n) is 3.48. The van der Waals surface area contributed by atoms with Gasteiger partial charge in [-0.05, 0) is 13.0 Å². The number of carbonyl (C=O) groups is 1. The zero-order valence-electron chi connectivity index (χ0n) is 9.82. The van der Waals surface area contributed by atoms with Crippen molar-refractivity contribution in [2.75, 3.05) is 13.7 Å². The van der Waals surface area contributed by atoms with Crippen LogP contribution in [0.1, 0.15) is 16.6 Å². The van der Waals surface area contributed by atoms with E-state index in [0.29, 0.717) is 23.5 Å². The van der Waals surface area contributed by atoms with E-state index in [1.165, 1.54) is 7.11 Å². The summed E-state index contributed by atoms with van der Waals surface area (Å²) < 4.78 is 11.4. The molecule has 0 amide bonds. The van der Waals surface area contributed by atoms with Crippen molar-refractivity contribution in [1.29, 1.82) is 0 Å². The molecular formula is C12H11ClO4S. The van der Waals surface area contributed by atoms with Gasteiger partial charge >= 0.3 is 5.97 Å². The molecule has 96 valence electrons. The first-order valence-corrected chi connectivity index (χ1v) is 6.44. The van der Waals surface area contributed by atoms with E-state index < -0.39 is 5.97 Å². The van der Waals surface area contributed by atoms with Crippen molar-refractivity contribution in [3.05, 3.63) is 22.0 Å². The number of ether oxygens (including phenoxy) is 2. The van der Waals surface area contributed by atoms with Crippen LogP contribution in [0.2, 0.25) is 5.02 Å². The third-order valence-electron chi connectivity index (χ3n) is 2.41. The lowest BCUT2D eigenvalue weighted by Gasteiger charge is -2.09. The molecule has 0 saturated heterocycles. The Kier molecular flexibility index (Phi) is 3.63. The van der Waals surface area contributed by atoms with Gasteiger partial charge < -0.3 is 14.6 Å². The highest BCUT2D eigenvalue weighted by atomic mass is 35.5. The fourth-order valence-electron chi connectivity index (χ4n) is 1.64. The van der Waals surface area contributed by atoms with Crippen LogP contribution >= 0.6 is 22.9 Å². The SMILES string of the molecule is CCOc1cc2c(Cl)c(C(=O)O)sc2cc1OC. The molecule has 0 bridgehead atoms. The van der Waals surface area contributed by atoms with Crippen molar-refractivity contribution in [2.24, 2.45) is 0 Å². The first-order chi connectivity index (χ1) is 8.58. The van der Waals surface area contributed by atoms with Crippen molar-refractivity contribution in [3.8, 4) is 11.5 Å². The van der Waals surface area contributed by atoms with E-state index in [0.717, 1.165) is 16.0 Å². The summed E-state index contributed by atoms with van der Waals surface area (Å²) in [5.74, 6) is 0.0986. The minimum atomic E-state index is -1.03. The number of carboxylic acid groups (broad SMARTS) is 1. The van der Waals surface area contributed by atoms with Crippen molar-refractivity contribution in [3.63, 3.8) is 0 Å². The van der Waals surface area contributed by atoms with Crippen LogP contribution in [0, 0.1) is 0 Å². The van der Waals surface area contributed by atoms with E-state index in [4.69, 9.17) is 26.2 Å². The zero-order valence-corrected chi connectivity index (χ0v) is 11.4. The quantitative estimate of drug-likeness (QED) is 0.932. The molecule has 4 nitrogen and oxygen atoms in total. The van der Waals surface area contributed by atoms with Crippen LogP contribution in [0.5, 0.6) is 11.5 Å². The Morgan fingerprint density at radius 3 is 2.72 bits per heavy atom. The number of thiophene rings is 1. The molecule has 2 rings (SSSR count). The average Bonchev–Trinajstić information content (AvgIpc) is 2.66. The molecular weight excluding hydrogens is 276 g/mol. The summed E-state index contributed by atoms with van der Waals surface area (Å²) in [4.78, 5) is 11.1. The van der Waals surface area contributed by atoms with Gasteiger partial charge in [0.2, 0.25) is 0 Å². The van der Waals surface area contributed by atoms with Crippen molar-refractivity contribution < 1.29 is 19.4 Å². The fourth-order valence-corrected chi connectivity index (χ4v) is 2.99. The molecule has 0 aliphatic rings. The van der Waals surface area contributed by atoms with Crippen molar-refractivity contribution in [2.45, 2.75) is 6.92 Å². The summed E-state index contributed by atoms with van der Waals surface area (Å²) in [6.07, 6.45) is 0. The van der Waals surface area contributed by atoms with Gasteiger partial charge in [-0.15, -0.1) is 11.3 Å². The maximum Gasteiger partial charge on any atom is 0.347 e. The van der Waals surface area contributed by atoms with Gasteiger partial charge in [0.25, 0.3) is 0 Å². The van der Waals surface area contributed by atoms with Crippen LogP contribution in [0.3, 0.4) is 0 Å². The highest BCUT2D eigenvalue weighted by molar-refractivity contribution is 7.21. The van der Waals surface area contributed by atoms with Crippen LogP contribution in [0.25, 0.3) is 10.1 Å². The summed E-state index contributed by atoms with van der Waals surface area (Å²) in [5.41, 5.74) is 0. The van der Waals surface area contributed by atoms with Gasteiger partial charge in [-0.1, -0.05) is 11.6 Å². The Labute approximate surface area is 113 Å². The third kappa shape index (κ3) is 2.11. The lowest BCUT2D eigenvalue weighted by molar-refractivity contribution is 0.0702. The predicted octanol–water partition coefficient (Wildman–Crippen LogP) is 3.66. The number of hydrogen-bond acceptors (Lipinski definition) is 4. The number of hydrogen-bond donors (Lipinski definition) is 1. The lowest BCUT2D eigenvalue weighted by atomic mass is 10.2. The van der Waals surface area contributed by atoms with Gasteiger partial charge in [-0.3, -0.25) is 0 Å². The van der Waals surface area contributed by atoms with E-state index in [2.05, 4.69) is 0 Å². The van der Waals surface area contributed by atoms with Gasteiger partial charge in [-0.2, -0.15) is 0 Å². The predicted molar refractivity (Wildman–Crippen MR) is 71.5 cm³/mol. The molecule has 0 fully saturated rings. The minimum absolute atomic E-state index is 0.127. The molecule has 0 aliphatic heterocycles. The summed E-state index contributed by atoms with van der Waals surface area (Å²) in [7, 11) is 1.54. The van der Waals surface area contributed by atoms with Crippen LogP contribution in [-0.4, -0.2) is 24.8 Å². The van der Waals surface area contributed by atoms with Crippen LogP contribution in [0.4, 0.5) is 0 Å². The first-order valence-electron chi connectivity index (χ1n) is 5.24. The van der Waals surface area contributed by atoms with Gasteiger partial charge in [-0.25, -0.2) is 4.79 Å². The van der Waals surface area contributed by atoms with Gasteiger partial charge in [0.1, 0.15) is 4.88 Å². The van der Waals surface area contributed by atoms with Gasteiger partial charge in [0.15, 0.2) is 11.5 Å². The third-order valence-corrected chi connectivity index (χ3v) is 4.05. The number of methoxy groups -OCH3 is 1. The highest BCUT2D eigenvalue weighted by Gasteiger charge is 2.18. The molecule has 1 aromatic heterocycles. The molecule has 1 aromatic carbocycles. The van der Waals surface area contributed by atoms with E-state index in [-0.39, 0.29) is 9.90 Å². The van der Waals surface area contributed by atoms with Crippen LogP contribution in [0.15, 0.2) is 12.1 Å². The Bertz CT molecular complexity index is 606. The first kappa shape index (κ1) is 13.0. The van der Waals surface area contributed by atoms with Crippen molar-refractivity contribution >= 4 is 39.0 Å². The molecule has 0 atom stereocenters. The molecule has 0 aliphatic carbocycles. The number of halogens is 1. The second-order valence-corrected chi connectivity index (χ2v) is 4.91. The molecule has 18 heavy (non-hydrogen) atoms. The van der Waals surface area contributed by atoms with Gasteiger partial charge in [0.05, 0.1) is 18.7 Å². The summed E-state index contributed by atoms with van der Waals surface area (Å²) in [5, 5.41) is 9.94. The monoisotopic (exact) mass is 286 g/mol. The molecule has 1 heterocycles. The normalized spacial score (nSPS) is 10.6. The maximum atomic E-state index is 11.0. The number of aromatic carboxylic acids is 1. The van der Waals surface area contributed by atoms with E-state index in [1.54, 1.807) is 12.1 Å². The molecule has 0 saturated carbocycles. The molecule has 6 heteroatoms. The minimum Gasteiger partial charge on any atom is -0.493 e. The van der Waals surface area contributed by atoms with E-state index in [1.807, 2.05) is 6.92 Å². The molecule has 0 spiro atoms. The molecule has 0 unspecified atom stereocenters. The zero-order chi connectivity index (χ0) is 13.3. The lowest BCUT2D eigenvalue weighted by Crippen LogP contribution is -1.95. The van der Waals surface area contributed by atoms with Crippen LogP contribution < -0.4 is 9.47 Å². The molecule has 1 N–H and O–H groups in total. The Hall–Kier alpha value is -1.46.